The van der Waals surface area contributed by atoms with Crippen LogP contribution in [0.25, 0.3) is 0 Å². The first-order valence-corrected chi connectivity index (χ1v) is 5.49. The molecule has 0 aliphatic heterocycles. The van der Waals surface area contributed by atoms with Gasteiger partial charge in [-0.15, -0.1) is 0 Å². The molecule has 3 N–H and O–H groups in total. The molecule has 0 spiro atoms. The molecule has 94 valence electrons. The van der Waals surface area contributed by atoms with Crippen LogP contribution < -0.4 is 11.1 Å². The molecule has 1 aromatic heterocycles. The minimum absolute atomic E-state index is 0.0906. The summed E-state index contributed by atoms with van der Waals surface area (Å²) in [5, 5.41) is 2.96. The van der Waals surface area contributed by atoms with E-state index in [2.05, 4.69) is 10.3 Å². The van der Waals surface area contributed by atoms with Gasteiger partial charge in [0.05, 0.1) is 17.4 Å². The van der Waals surface area contributed by atoms with E-state index in [9.17, 15) is 8.78 Å². The van der Waals surface area contributed by atoms with Crippen molar-refractivity contribution in [2.45, 2.75) is 13.0 Å². The number of hydrogen-bond donors (Lipinski definition) is 2. The number of rotatable bonds is 3. The van der Waals surface area contributed by atoms with Crippen LogP contribution in [-0.2, 0) is 0 Å². The summed E-state index contributed by atoms with van der Waals surface area (Å²) in [6.07, 6.45) is 3.34. The van der Waals surface area contributed by atoms with Gasteiger partial charge in [-0.3, -0.25) is 4.98 Å². The van der Waals surface area contributed by atoms with E-state index in [1.807, 2.05) is 13.0 Å². The van der Waals surface area contributed by atoms with E-state index >= 15 is 0 Å². The highest BCUT2D eigenvalue weighted by atomic mass is 19.1. The Morgan fingerprint density at radius 1 is 1.33 bits per heavy atom. The molecular weight excluding hydrogens is 236 g/mol. The van der Waals surface area contributed by atoms with Crippen LogP contribution in [0.4, 0.5) is 20.2 Å². The van der Waals surface area contributed by atoms with Crippen LogP contribution in [0.2, 0.25) is 0 Å². The highest BCUT2D eigenvalue weighted by molar-refractivity contribution is 5.67. The summed E-state index contributed by atoms with van der Waals surface area (Å²) in [6.45, 7) is 1.86. The zero-order valence-electron chi connectivity index (χ0n) is 9.82. The van der Waals surface area contributed by atoms with Crippen molar-refractivity contribution < 1.29 is 8.78 Å². The molecule has 5 heteroatoms. The summed E-state index contributed by atoms with van der Waals surface area (Å²) in [6, 6.07) is 5.45. The highest BCUT2D eigenvalue weighted by Gasteiger charge is 2.11. The lowest BCUT2D eigenvalue weighted by atomic mass is 10.1. The van der Waals surface area contributed by atoms with E-state index in [1.165, 1.54) is 6.07 Å². The maximum atomic E-state index is 13.3. The van der Waals surface area contributed by atoms with Gasteiger partial charge >= 0.3 is 0 Å². The fourth-order valence-corrected chi connectivity index (χ4v) is 1.65. The van der Waals surface area contributed by atoms with E-state index in [0.29, 0.717) is 0 Å². The SMILES string of the molecule is CC(Nc1cc(F)cc(F)c1N)c1cccnc1. The van der Waals surface area contributed by atoms with Crippen LogP contribution in [0.5, 0.6) is 0 Å². The summed E-state index contributed by atoms with van der Waals surface area (Å²) in [5.74, 6) is -1.43. The number of aromatic nitrogens is 1. The lowest BCUT2D eigenvalue weighted by molar-refractivity contribution is 0.586. The van der Waals surface area contributed by atoms with Crippen molar-refractivity contribution in [1.29, 1.82) is 0 Å². The van der Waals surface area contributed by atoms with Crippen LogP contribution >= 0.6 is 0 Å². The standard InChI is InChI=1S/C13H13F2N3/c1-8(9-3-2-4-17-7-9)18-12-6-10(14)5-11(15)13(12)16/h2-8,18H,16H2,1H3. The Bertz CT molecular complexity index is 543. The molecule has 0 aliphatic rings. The monoisotopic (exact) mass is 249 g/mol. The number of hydrogen-bond acceptors (Lipinski definition) is 3. The van der Waals surface area contributed by atoms with Gasteiger partial charge in [-0.1, -0.05) is 6.07 Å². The molecule has 2 aromatic rings. The molecular formula is C13H13F2N3. The van der Waals surface area contributed by atoms with E-state index in [-0.39, 0.29) is 17.4 Å². The zero-order valence-corrected chi connectivity index (χ0v) is 9.82. The van der Waals surface area contributed by atoms with Gasteiger partial charge < -0.3 is 11.1 Å². The van der Waals surface area contributed by atoms with Crippen molar-refractivity contribution in [3.05, 3.63) is 53.9 Å². The molecule has 0 aliphatic carbocycles. The van der Waals surface area contributed by atoms with E-state index in [4.69, 9.17) is 5.73 Å². The molecule has 1 unspecified atom stereocenters. The van der Waals surface area contributed by atoms with Gasteiger partial charge in [0.1, 0.15) is 5.82 Å². The van der Waals surface area contributed by atoms with Gasteiger partial charge in [0.2, 0.25) is 0 Å². The number of benzene rings is 1. The minimum atomic E-state index is -0.768. The molecule has 1 atom stereocenters. The second kappa shape index (κ2) is 5.00. The minimum Gasteiger partial charge on any atom is -0.395 e. The molecule has 3 nitrogen and oxygen atoms in total. The quantitative estimate of drug-likeness (QED) is 0.822. The summed E-state index contributed by atoms with van der Waals surface area (Å²) in [4.78, 5) is 3.99. The summed E-state index contributed by atoms with van der Waals surface area (Å²) >= 11 is 0. The van der Waals surface area contributed by atoms with Gasteiger partial charge in [0.25, 0.3) is 0 Å². The molecule has 0 saturated carbocycles. The summed E-state index contributed by atoms with van der Waals surface area (Å²) < 4.78 is 26.4. The third-order valence-corrected chi connectivity index (χ3v) is 2.65. The number of nitrogens with zero attached hydrogens (tertiary/aromatic N) is 1. The second-order valence-corrected chi connectivity index (χ2v) is 4.00. The van der Waals surface area contributed by atoms with Gasteiger partial charge in [-0.05, 0) is 24.6 Å². The van der Waals surface area contributed by atoms with Gasteiger partial charge in [0.15, 0.2) is 5.82 Å². The van der Waals surface area contributed by atoms with E-state index in [1.54, 1.807) is 18.5 Å². The predicted molar refractivity (Wildman–Crippen MR) is 67.0 cm³/mol. The Morgan fingerprint density at radius 3 is 2.78 bits per heavy atom. The maximum absolute atomic E-state index is 13.3. The molecule has 1 heterocycles. The Morgan fingerprint density at radius 2 is 2.11 bits per heavy atom. The van der Waals surface area contributed by atoms with Crippen molar-refractivity contribution in [3.8, 4) is 0 Å². The van der Waals surface area contributed by atoms with Crippen molar-refractivity contribution in [3.63, 3.8) is 0 Å². The normalized spacial score (nSPS) is 12.2. The average molecular weight is 249 g/mol. The number of halogens is 2. The molecule has 1 aromatic carbocycles. The predicted octanol–water partition coefficient (Wildman–Crippen LogP) is 3.12. The van der Waals surface area contributed by atoms with Crippen molar-refractivity contribution >= 4 is 11.4 Å². The largest absolute Gasteiger partial charge is 0.395 e. The third-order valence-electron chi connectivity index (χ3n) is 2.65. The van der Waals surface area contributed by atoms with Gasteiger partial charge in [0, 0.05) is 18.5 Å². The van der Waals surface area contributed by atoms with Crippen LogP contribution in [0.1, 0.15) is 18.5 Å². The molecule has 0 fully saturated rings. The zero-order chi connectivity index (χ0) is 13.1. The van der Waals surface area contributed by atoms with Crippen molar-refractivity contribution in [1.82, 2.24) is 4.98 Å². The Hall–Kier alpha value is -2.17. The Balaban J connectivity index is 2.24. The average Bonchev–Trinajstić information content (AvgIpc) is 2.36. The first-order valence-electron chi connectivity index (χ1n) is 5.49. The smallest absolute Gasteiger partial charge is 0.151 e. The topological polar surface area (TPSA) is 50.9 Å². The van der Waals surface area contributed by atoms with E-state index < -0.39 is 11.6 Å². The molecule has 2 rings (SSSR count). The molecule has 0 amide bonds. The van der Waals surface area contributed by atoms with Gasteiger partial charge in [-0.25, -0.2) is 8.78 Å². The molecule has 0 bridgehead atoms. The maximum Gasteiger partial charge on any atom is 0.151 e. The fraction of sp³-hybridized carbons (Fsp3) is 0.154. The summed E-state index contributed by atoms with van der Waals surface area (Å²) in [5.41, 5.74) is 6.61. The van der Waals surface area contributed by atoms with Crippen LogP contribution in [0, 0.1) is 11.6 Å². The lowest BCUT2D eigenvalue weighted by Gasteiger charge is -2.17. The van der Waals surface area contributed by atoms with Crippen LogP contribution in [0.15, 0.2) is 36.7 Å². The fourth-order valence-electron chi connectivity index (χ4n) is 1.65. The van der Waals surface area contributed by atoms with Crippen molar-refractivity contribution in [2.75, 3.05) is 11.1 Å². The van der Waals surface area contributed by atoms with Gasteiger partial charge in [-0.2, -0.15) is 0 Å². The number of nitrogens with two attached hydrogens (primary N) is 1. The number of pyridine rings is 1. The number of nitrogens with one attached hydrogen (secondary N) is 1. The lowest BCUT2D eigenvalue weighted by Crippen LogP contribution is -2.09. The van der Waals surface area contributed by atoms with E-state index in [0.717, 1.165) is 11.6 Å². The first-order chi connectivity index (χ1) is 8.58. The summed E-state index contributed by atoms with van der Waals surface area (Å²) in [7, 11) is 0. The van der Waals surface area contributed by atoms with Crippen LogP contribution in [-0.4, -0.2) is 4.98 Å². The highest BCUT2D eigenvalue weighted by Crippen LogP contribution is 2.27. The van der Waals surface area contributed by atoms with Crippen LogP contribution in [0.3, 0.4) is 0 Å². The molecule has 0 radical (unpaired) electrons. The molecule has 0 saturated heterocycles. The third kappa shape index (κ3) is 2.56. The number of nitrogen functional groups attached to an aromatic ring is 1. The van der Waals surface area contributed by atoms with Crippen molar-refractivity contribution in [2.24, 2.45) is 0 Å². The number of anilines is 2. The Labute approximate surface area is 104 Å². The molecule has 18 heavy (non-hydrogen) atoms. The first kappa shape index (κ1) is 12.3. The Kier molecular flexibility index (Phi) is 3.41. The second-order valence-electron chi connectivity index (χ2n) is 4.00.